The van der Waals surface area contributed by atoms with E-state index in [1.165, 1.54) is 0 Å². The summed E-state index contributed by atoms with van der Waals surface area (Å²) in [5.74, 6) is 1.30. The number of anilines is 1. The fraction of sp³-hybridized carbons (Fsp3) is 0.600. The lowest BCUT2D eigenvalue weighted by atomic mass is 10.1. The van der Waals surface area contributed by atoms with E-state index in [1.807, 2.05) is 4.90 Å². The van der Waals surface area contributed by atoms with Gasteiger partial charge in [0, 0.05) is 31.3 Å². The Labute approximate surface area is 88.1 Å². The highest BCUT2D eigenvalue weighted by Crippen LogP contribution is 2.21. The van der Waals surface area contributed by atoms with Crippen molar-refractivity contribution in [1.82, 2.24) is 9.97 Å². The second-order valence-electron chi connectivity index (χ2n) is 3.65. The zero-order valence-corrected chi connectivity index (χ0v) is 8.69. The van der Waals surface area contributed by atoms with Gasteiger partial charge in [-0.2, -0.15) is 4.98 Å². The van der Waals surface area contributed by atoms with Crippen molar-refractivity contribution in [2.75, 3.05) is 31.8 Å². The third-order valence-electron chi connectivity index (χ3n) is 2.61. The van der Waals surface area contributed by atoms with Gasteiger partial charge in [-0.3, -0.25) is 4.39 Å². The average molecular weight is 211 g/mol. The van der Waals surface area contributed by atoms with E-state index in [-0.39, 0.29) is 12.6 Å². The maximum atomic E-state index is 12.4. The molecule has 0 aromatic carbocycles. The maximum absolute atomic E-state index is 12.4. The summed E-state index contributed by atoms with van der Waals surface area (Å²) in [5.41, 5.74) is 0. The standard InChI is InChI=1S/C10H14FN3O/c1-15-9-2-4-12-10(13-9)14-5-3-8(6-11)7-14/h2,4,8H,3,5-7H2,1H3. The highest BCUT2D eigenvalue weighted by atomic mass is 19.1. The van der Waals surface area contributed by atoms with E-state index in [9.17, 15) is 4.39 Å². The summed E-state index contributed by atoms with van der Waals surface area (Å²) in [6.45, 7) is 1.26. The first-order chi connectivity index (χ1) is 7.33. The van der Waals surface area contributed by atoms with Gasteiger partial charge in [-0.25, -0.2) is 4.98 Å². The number of hydrogen-bond acceptors (Lipinski definition) is 4. The molecule has 1 unspecified atom stereocenters. The number of aromatic nitrogens is 2. The molecule has 1 fully saturated rings. The molecule has 1 atom stereocenters. The van der Waals surface area contributed by atoms with E-state index in [4.69, 9.17) is 4.74 Å². The summed E-state index contributed by atoms with van der Waals surface area (Å²) in [4.78, 5) is 10.4. The van der Waals surface area contributed by atoms with Gasteiger partial charge in [0.05, 0.1) is 13.8 Å². The van der Waals surface area contributed by atoms with E-state index in [2.05, 4.69) is 9.97 Å². The number of nitrogens with zero attached hydrogens (tertiary/aromatic N) is 3. The van der Waals surface area contributed by atoms with E-state index >= 15 is 0 Å². The normalized spacial score (nSPS) is 20.7. The molecular weight excluding hydrogens is 197 g/mol. The number of ether oxygens (including phenoxy) is 1. The van der Waals surface area contributed by atoms with Gasteiger partial charge in [0.25, 0.3) is 0 Å². The fourth-order valence-corrected chi connectivity index (χ4v) is 1.74. The lowest BCUT2D eigenvalue weighted by molar-refractivity contribution is 0.384. The smallest absolute Gasteiger partial charge is 0.228 e. The predicted octanol–water partition coefficient (Wildman–Crippen LogP) is 1.28. The molecule has 1 aromatic heterocycles. The molecule has 1 aliphatic heterocycles. The Hall–Kier alpha value is -1.39. The zero-order chi connectivity index (χ0) is 10.7. The second-order valence-corrected chi connectivity index (χ2v) is 3.65. The molecule has 4 nitrogen and oxygen atoms in total. The van der Waals surface area contributed by atoms with Gasteiger partial charge in [0.15, 0.2) is 0 Å². The topological polar surface area (TPSA) is 38.2 Å². The van der Waals surface area contributed by atoms with Crippen molar-refractivity contribution >= 4 is 5.95 Å². The lowest BCUT2D eigenvalue weighted by Crippen LogP contribution is -2.22. The fourth-order valence-electron chi connectivity index (χ4n) is 1.74. The van der Waals surface area contributed by atoms with Crippen LogP contribution in [0.4, 0.5) is 10.3 Å². The third kappa shape index (κ3) is 2.16. The van der Waals surface area contributed by atoms with E-state index in [0.29, 0.717) is 18.4 Å². The van der Waals surface area contributed by atoms with Crippen LogP contribution < -0.4 is 9.64 Å². The molecule has 0 bridgehead atoms. The Bertz CT molecular complexity index is 334. The van der Waals surface area contributed by atoms with E-state index in [0.717, 1.165) is 13.0 Å². The molecule has 1 saturated heterocycles. The van der Waals surface area contributed by atoms with Gasteiger partial charge in [0.1, 0.15) is 0 Å². The van der Waals surface area contributed by atoms with Crippen LogP contribution in [0.3, 0.4) is 0 Å². The minimum atomic E-state index is -0.263. The first-order valence-corrected chi connectivity index (χ1v) is 5.01. The molecule has 0 N–H and O–H groups in total. The van der Waals surface area contributed by atoms with Crippen molar-refractivity contribution in [2.24, 2.45) is 5.92 Å². The minimum Gasteiger partial charge on any atom is -0.481 e. The molecule has 82 valence electrons. The summed E-state index contributed by atoms with van der Waals surface area (Å²) in [6.07, 6.45) is 2.53. The molecule has 15 heavy (non-hydrogen) atoms. The molecule has 0 aliphatic carbocycles. The summed E-state index contributed by atoms with van der Waals surface area (Å²) >= 11 is 0. The molecule has 1 aromatic rings. The van der Waals surface area contributed by atoms with Crippen LogP contribution in [-0.2, 0) is 0 Å². The van der Waals surface area contributed by atoms with Crippen LogP contribution in [0.15, 0.2) is 12.3 Å². The summed E-state index contributed by atoms with van der Waals surface area (Å²) in [6, 6.07) is 1.70. The average Bonchev–Trinajstić information content (AvgIpc) is 2.78. The highest BCUT2D eigenvalue weighted by Gasteiger charge is 2.24. The Morgan fingerprint density at radius 2 is 2.53 bits per heavy atom. The summed E-state index contributed by atoms with van der Waals surface area (Å²) in [5, 5.41) is 0. The van der Waals surface area contributed by atoms with Gasteiger partial charge >= 0.3 is 0 Å². The number of hydrogen-bond donors (Lipinski definition) is 0. The Morgan fingerprint density at radius 3 is 3.20 bits per heavy atom. The SMILES string of the molecule is COc1ccnc(N2CCC(CF)C2)n1. The van der Waals surface area contributed by atoms with Gasteiger partial charge in [-0.1, -0.05) is 0 Å². The van der Waals surface area contributed by atoms with E-state index in [1.54, 1.807) is 19.4 Å². The van der Waals surface area contributed by atoms with Crippen LogP contribution in [-0.4, -0.2) is 36.8 Å². The van der Waals surface area contributed by atoms with Crippen molar-refractivity contribution in [3.63, 3.8) is 0 Å². The molecule has 1 aliphatic rings. The molecule has 5 heteroatoms. The van der Waals surface area contributed by atoms with Crippen molar-refractivity contribution in [3.05, 3.63) is 12.3 Å². The molecule has 2 heterocycles. The van der Waals surface area contributed by atoms with Crippen LogP contribution in [0.2, 0.25) is 0 Å². The maximum Gasteiger partial charge on any atom is 0.228 e. The quantitative estimate of drug-likeness (QED) is 0.755. The molecule has 0 amide bonds. The summed E-state index contributed by atoms with van der Waals surface area (Å²) < 4.78 is 17.5. The Morgan fingerprint density at radius 1 is 1.67 bits per heavy atom. The molecule has 0 spiro atoms. The molecule has 2 rings (SSSR count). The largest absolute Gasteiger partial charge is 0.481 e. The molecular formula is C10H14FN3O. The third-order valence-corrected chi connectivity index (χ3v) is 2.61. The first-order valence-electron chi connectivity index (χ1n) is 5.01. The number of alkyl halides is 1. The monoisotopic (exact) mass is 211 g/mol. The Balaban J connectivity index is 2.09. The van der Waals surface area contributed by atoms with Crippen molar-refractivity contribution in [2.45, 2.75) is 6.42 Å². The van der Waals surface area contributed by atoms with Crippen LogP contribution >= 0.6 is 0 Å². The van der Waals surface area contributed by atoms with Gasteiger partial charge in [-0.15, -0.1) is 0 Å². The van der Waals surface area contributed by atoms with E-state index < -0.39 is 0 Å². The number of halogens is 1. The number of rotatable bonds is 3. The highest BCUT2D eigenvalue weighted by molar-refractivity contribution is 5.33. The minimum absolute atomic E-state index is 0.125. The zero-order valence-electron chi connectivity index (χ0n) is 8.69. The summed E-state index contributed by atoms with van der Waals surface area (Å²) in [7, 11) is 1.57. The van der Waals surface area contributed by atoms with Crippen LogP contribution in [0, 0.1) is 5.92 Å². The lowest BCUT2D eigenvalue weighted by Gasteiger charge is -2.15. The Kier molecular flexibility index (Phi) is 2.99. The van der Waals surface area contributed by atoms with Crippen molar-refractivity contribution in [1.29, 1.82) is 0 Å². The van der Waals surface area contributed by atoms with Crippen LogP contribution in [0.1, 0.15) is 6.42 Å². The number of methoxy groups -OCH3 is 1. The van der Waals surface area contributed by atoms with Crippen molar-refractivity contribution < 1.29 is 9.13 Å². The van der Waals surface area contributed by atoms with Gasteiger partial charge in [-0.05, 0) is 6.42 Å². The molecule has 0 saturated carbocycles. The molecule has 0 radical (unpaired) electrons. The van der Waals surface area contributed by atoms with Crippen LogP contribution in [0.25, 0.3) is 0 Å². The van der Waals surface area contributed by atoms with Gasteiger partial charge < -0.3 is 9.64 Å². The van der Waals surface area contributed by atoms with Crippen LogP contribution in [0.5, 0.6) is 5.88 Å². The predicted molar refractivity (Wildman–Crippen MR) is 54.9 cm³/mol. The second kappa shape index (κ2) is 4.42. The first kappa shape index (κ1) is 10.1. The van der Waals surface area contributed by atoms with Gasteiger partial charge in [0.2, 0.25) is 11.8 Å². The van der Waals surface area contributed by atoms with Crippen molar-refractivity contribution in [3.8, 4) is 5.88 Å².